The van der Waals surface area contributed by atoms with Crippen molar-refractivity contribution in [3.05, 3.63) is 29.8 Å². The Kier molecular flexibility index (Phi) is 12.2. The molecule has 0 saturated carbocycles. The highest BCUT2D eigenvalue weighted by Gasteiger charge is 2.16. The molecule has 3 nitrogen and oxygen atoms in total. The summed E-state index contributed by atoms with van der Waals surface area (Å²) >= 11 is 0. The number of ether oxygens (including phenoxy) is 1. The van der Waals surface area contributed by atoms with E-state index in [-0.39, 0.29) is 19.0 Å². The Hall–Kier alpha value is -0.770. The molecule has 23 heavy (non-hydrogen) atoms. The van der Waals surface area contributed by atoms with Crippen molar-refractivity contribution in [1.29, 1.82) is 0 Å². The lowest BCUT2D eigenvalue weighted by atomic mass is 9.95. The molecule has 0 amide bonds. The van der Waals surface area contributed by atoms with Crippen LogP contribution in [0.2, 0.25) is 0 Å². The van der Waals surface area contributed by atoms with E-state index >= 15 is 0 Å². The van der Waals surface area contributed by atoms with E-state index < -0.39 is 5.54 Å². The normalized spacial score (nSPS) is 13.2. The minimum absolute atomic E-state index is 0. The number of unbranched alkanes of at least 4 members (excludes halogenated alkanes) is 5. The fraction of sp³-hybridized carbons (Fsp3) is 0.684. The van der Waals surface area contributed by atoms with Crippen LogP contribution in [0.15, 0.2) is 24.3 Å². The Balaban J connectivity index is 0.00000484. The van der Waals surface area contributed by atoms with E-state index in [1.54, 1.807) is 0 Å². The molecule has 3 N–H and O–H groups in total. The fourth-order valence-corrected chi connectivity index (χ4v) is 2.37. The maximum Gasteiger partial charge on any atom is 0.119 e. The number of rotatable bonds is 12. The average Bonchev–Trinajstić information content (AvgIpc) is 2.53. The van der Waals surface area contributed by atoms with Gasteiger partial charge in [0.05, 0.1) is 13.2 Å². The summed E-state index contributed by atoms with van der Waals surface area (Å²) in [5.41, 5.74) is 6.68. The molecule has 0 fully saturated rings. The van der Waals surface area contributed by atoms with Crippen molar-refractivity contribution < 1.29 is 9.84 Å². The minimum atomic E-state index is -0.505. The highest BCUT2D eigenvalue weighted by Crippen LogP contribution is 2.17. The number of hydrogen-bond acceptors (Lipinski definition) is 3. The number of aliphatic hydroxyl groups excluding tert-OH is 1. The first-order valence-electron chi connectivity index (χ1n) is 8.69. The Morgan fingerprint density at radius 3 is 2.52 bits per heavy atom. The lowest BCUT2D eigenvalue weighted by Crippen LogP contribution is -2.40. The van der Waals surface area contributed by atoms with Gasteiger partial charge in [0.1, 0.15) is 5.75 Å². The second-order valence-corrected chi connectivity index (χ2v) is 6.58. The second kappa shape index (κ2) is 12.6. The van der Waals surface area contributed by atoms with Crippen LogP contribution in [0.25, 0.3) is 0 Å². The topological polar surface area (TPSA) is 55.5 Å². The Morgan fingerprint density at radius 2 is 1.83 bits per heavy atom. The van der Waals surface area contributed by atoms with Crippen LogP contribution in [0.1, 0.15) is 64.4 Å². The third-order valence-electron chi connectivity index (χ3n) is 4.01. The average molecular weight is 344 g/mol. The molecule has 0 saturated heterocycles. The van der Waals surface area contributed by atoms with Crippen LogP contribution in [0.4, 0.5) is 0 Å². The van der Waals surface area contributed by atoms with E-state index in [1.807, 2.05) is 19.1 Å². The molecule has 0 aromatic heterocycles. The number of aliphatic hydroxyl groups is 1. The molecule has 1 aromatic carbocycles. The first-order valence-corrected chi connectivity index (χ1v) is 8.69. The molecular weight excluding hydrogens is 310 g/mol. The van der Waals surface area contributed by atoms with Crippen LogP contribution in [0.3, 0.4) is 0 Å². The van der Waals surface area contributed by atoms with Crippen LogP contribution < -0.4 is 10.5 Å². The molecular formula is C19H34ClNO2. The maximum atomic E-state index is 9.20. The third-order valence-corrected chi connectivity index (χ3v) is 4.01. The van der Waals surface area contributed by atoms with Gasteiger partial charge in [0, 0.05) is 5.54 Å². The van der Waals surface area contributed by atoms with Gasteiger partial charge >= 0.3 is 0 Å². The highest BCUT2D eigenvalue weighted by molar-refractivity contribution is 5.85. The number of benzene rings is 1. The predicted molar refractivity (Wildman–Crippen MR) is 101 cm³/mol. The highest BCUT2D eigenvalue weighted by atomic mass is 35.5. The Labute approximate surface area is 148 Å². The van der Waals surface area contributed by atoms with Crippen LogP contribution in [0, 0.1) is 0 Å². The quantitative estimate of drug-likeness (QED) is 0.550. The molecule has 0 spiro atoms. The molecule has 1 atom stereocenters. The van der Waals surface area contributed by atoms with Crippen molar-refractivity contribution in [2.75, 3.05) is 13.2 Å². The summed E-state index contributed by atoms with van der Waals surface area (Å²) in [4.78, 5) is 0. The van der Waals surface area contributed by atoms with E-state index in [0.29, 0.717) is 0 Å². The van der Waals surface area contributed by atoms with Gasteiger partial charge in [0.15, 0.2) is 0 Å². The molecule has 0 aliphatic heterocycles. The number of halogens is 1. The summed E-state index contributed by atoms with van der Waals surface area (Å²) in [7, 11) is 0. The van der Waals surface area contributed by atoms with E-state index in [1.165, 1.54) is 37.7 Å². The number of nitrogens with two attached hydrogens (primary N) is 1. The summed E-state index contributed by atoms with van der Waals surface area (Å²) in [5, 5.41) is 9.20. The molecule has 0 aliphatic rings. The smallest absolute Gasteiger partial charge is 0.119 e. The van der Waals surface area contributed by atoms with Crippen molar-refractivity contribution >= 4 is 12.4 Å². The first-order chi connectivity index (χ1) is 10.6. The zero-order chi connectivity index (χ0) is 16.3. The van der Waals surface area contributed by atoms with Gasteiger partial charge in [-0.1, -0.05) is 51.2 Å². The van der Waals surface area contributed by atoms with Gasteiger partial charge in [-0.2, -0.15) is 0 Å². The van der Waals surface area contributed by atoms with Crippen LogP contribution >= 0.6 is 12.4 Å². The van der Waals surface area contributed by atoms with E-state index in [9.17, 15) is 5.11 Å². The van der Waals surface area contributed by atoms with Crippen molar-refractivity contribution in [1.82, 2.24) is 0 Å². The van der Waals surface area contributed by atoms with Gasteiger partial charge in [-0.05, 0) is 43.9 Å². The largest absolute Gasteiger partial charge is 0.494 e. The molecule has 0 aliphatic carbocycles. The number of aryl methyl sites for hydroxylation is 1. The summed E-state index contributed by atoms with van der Waals surface area (Å²) < 4.78 is 5.83. The Bertz CT molecular complexity index is 410. The summed E-state index contributed by atoms with van der Waals surface area (Å²) in [6, 6.07) is 8.21. The zero-order valence-electron chi connectivity index (χ0n) is 14.7. The molecule has 1 unspecified atom stereocenters. The van der Waals surface area contributed by atoms with Gasteiger partial charge in [-0.25, -0.2) is 0 Å². The fourth-order valence-electron chi connectivity index (χ4n) is 2.37. The summed E-state index contributed by atoms with van der Waals surface area (Å²) in [6.07, 6.45) is 9.30. The molecule has 1 rings (SSSR count). The Morgan fingerprint density at radius 1 is 1.13 bits per heavy atom. The lowest BCUT2D eigenvalue weighted by molar-refractivity contribution is 0.200. The molecule has 0 radical (unpaired) electrons. The first kappa shape index (κ1) is 22.2. The molecule has 134 valence electrons. The predicted octanol–water partition coefficient (Wildman–Crippen LogP) is 4.49. The van der Waals surface area contributed by atoms with Crippen LogP contribution in [-0.4, -0.2) is 23.9 Å². The van der Waals surface area contributed by atoms with Crippen LogP contribution in [-0.2, 0) is 6.42 Å². The SMILES string of the molecule is CCCCCCCCOc1cccc(CCC(C)(N)CO)c1.Cl. The van der Waals surface area contributed by atoms with E-state index in [4.69, 9.17) is 10.5 Å². The second-order valence-electron chi connectivity index (χ2n) is 6.58. The molecule has 0 heterocycles. The van der Waals surface area contributed by atoms with Gasteiger partial charge in [-0.15, -0.1) is 12.4 Å². The standard InChI is InChI=1S/C19H33NO2.ClH/c1-3-4-5-6-7-8-14-22-18-11-9-10-17(15-18)12-13-19(2,20)16-21;/h9-11,15,21H,3-8,12-14,16,20H2,1-2H3;1H. The minimum Gasteiger partial charge on any atom is -0.494 e. The third kappa shape index (κ3) is 10.6. The van der Waals surface area contributed by atoms with Crippen molar-refractivity contribution in [2.24, 2.45) is 5.73 Å². The van der Waals surface area contributed by atoms with Crippen molar-refractivity contribution in [3.8, 4) is 5.75 Å². The molecule has 0 bridgehead atoms. The molecule has 1 aromatic rings. The van der Waals surface area contributed by atoms with Gasteiger partial charge in [0.2, 0.25) is 0 Å². The van der Waals surface area contributed by atoms with E-state index in [2.05, 4.69) is 19.1 Å². The number of hydrogen-bond donors (Lipinski definition) is 2. The van der Waals surface area contributed by atoms with Gasteiger partial charge in [-0.3, -0.25) is 0 Å². The van der Waals surface area contributed by atoms with Crippen LogP contribution in [0.5, 0.6) is 5.75 Å². The van der Waals surface area contributed by atoms with Gasteiger partial charge in [0.25, 0.3) is 0 Å². The molecule has 4 heteroatoms. The summed E-state index contributed by atoms with van der Waals surface area (Å²) in [6.45, 7) is 4.93. The van der Waals surface area contributed by atoms with Crippen molar-refractivity contribution in [2.45, 2.75) is 70.8 Å². The van der Waals surface area contributed by atoms with Crippen molar-refractivity contribution in [3.63, 3.8) is 0 Å². The van der Waals surface area contributed by atoms with E-state index in [0.717, 1.165) is 31.6 Å². The van der Waals surface area contributed by atoms with Gasteiger partial charge < -0.3 is 15.6 Å². The monoisotopic (exact) mass is 343 g/mol. The lowest BCUT2D eigenvalue weighted by Gasteiger charge is -2.21. The maximum absolute atomic E-state index is 9.20. The zero-order valence-corrected chi connectivity index (χ0v) is 15.5. The summed E-state index contributed by atoms with van der Waals surface area (Å²) in [5.74, 6) is 0.939.